The van der Waals surface area contributed by atoms with Gasteiger partial charge in [0.05, 0.1) is 22.2 Å². The van der Waals surface area contributed by atoms with E-state index in [1.807, 2.05) is 0 Å². The highest BCUT2D eigenvalue weighted by Crippen LogP contribution is 2.38. The summed E-state index contributed by atoms with van der Waals surface area (Å²) in [5.41, 5.74) is 14.3. The van der Waals surface area contributed by atoms with Gasteiger partial charge in [0.1, 0.15) is 0 Å². The molecule has 10 rings (SSSR count). The van der Waals surface area contributed by atoms with Gasteiger partial charge in [-0.1, -0.05) is 140 Å². The lowest BCUT2D eigenvalue weighted by molar-refractivity contribution is 1.18. The highest BCUT2D eigenvalue weighted by atomic mass is 15.0. The Morgan fingerprint density at radius 1 is 0.302 bits per heavy atom. The molecule has 0 spiro atoms. The molecule has 10 aromatic rings. The van der Waals surface area contributed by atoms with Gasteiger partial charge in [-0.15, -0.1) is 0 Å². The number of hydrogen-bond donors (Lipinski definition) is 0. The Kier molecular flexibility index (Phi) is 7.47. The molecule has 0 bridgehead atoms. The Morgan fingerprint density at radius 2 is 0.811 bits per heavy atom. The number of para-hydroxylation sites is 2. The maximum absolute atomic E-state index is 5.36. The molecule has 8 aromatic carbocycles. The molecule has 248 valence electrons. The minimum Gasteiger partial charge on any atom is -0.309 e. The van der Waals surface area contributed by atoms with Crippen LogP contribution in [0.5, 0.6) is 0 Å². The van der Waals surface area contributed by atoms with Gasteiger partial charge in [0.25, 0.3) is 0 Å². The van der Waals surface area contributed by atoms with Gasteiger partial charge >= 0.3 is 0 Å². The number of benzene rings is 8. The van der Waals surface area contributed by atoms with Crippen molar-refractivity contribution in [1.29, 1.82) is 0 Å². The Balaban J connectivity index is 1.15. The van der Waals surface area contributed by atoms with Gasteiger partial charge in [-0.3, -0.25) is 0 Å². The fourth-order valence-electron chi connectivity index (χ4n) is 7.61. The molecular weight excluding hydrogens is 643 g/mol. The molecule has 0 saturated carbocycles. The van der Waals surface area contributed by atoms with Crippen molar-refractivity contribution in [2.75, 3.05) is 0 Å². The predicted molar refractivity (Wildman–Crippen MR) is 221 cm³/mol. The Labute approximate surface area is 308 Å². The lowest BCUT2D eigenvalue weighted by Crippen LogP contribution is -1.97. The van der Waals surface area contributed by atoms with Crippen LogP contribution in [-0.4, -0.2) is 14.5 Å². The Morgan fingerprint density at radius 3 is 1.47 bits per heavy atom. The number of nitrogens with zero attached hydrogens (tertiary/aromatic N) is 3. The molecule has 2 heterocycles. The van der Waals surface area contributed by atoms with Crippen LogP contribution >= 0.6 is 0 Å². The van der Waals surface area contributed by atoms with E-state index in [1.165, 1.54) is 21.8 Å². The summed E-state index contributed by atoms with van der Waals surface area (Å²) in [4.78, 5) is 10.6. The summed E-state index contributed by atoms with van der Waals surface area (Å²) in [6.07, 6.45) is 0. The standard InChI is InChI=1S/C50H33N3/c1-5-15-34(16-6-1)39-29-40(35-17-7-2-8-18-35)31-41(30-39)50-51-46-27-25-37(33-45(46)49(52-50)36-19-9-3-10-20-36)38-26-28-48-44(32-38)43-23-13-14-24-47(43)53(48)42-21-11-4-12-22-42/h1-33H. The number of aromatic nitrogens is 3. The average molecular weight is 676 g/mol. The minimum absolute atomic E-state index is 0.703. The third-order valence-corrected chi connectivity index (χ3v) is 10.2. The molecule has 0 fully saturated rings. The fraction of sp³-hybridized carbons (Fsp3) is 0. The first-order valence-electron chi connectivity index (χ1n) is 18.0. The van der Waals surface area contributed by atoms with E-state index in [9.17, 15) is 0 Å². The van der Waals surface area contributed by atoms with Crippen LogP contribution in [0.25, 0.3) is 94.4 Å². The van der Waals surface area contributed by atoms with E-state index in [0.29, 0.717) is 5.82 Å². The van der Waals surface area contributed by atoms with E-state index >= 15 is 0 Å². The molecule has 0 atom stereocenters. The van der Waals surface area contributed by atoms with Crippen LogP contribution in [0.4, 0.5) is 0 Å². The third-order valence-electron chi connectivity index (χ3n) is 10.2. The average Bonchev–Trinajstić information content (AvgIpc) is 3.58. The number of fused-ring (bicyclic) bond motifs is 4. The van der Waals surface area contributed by atoms with E-state index in [2.05, 4.69) is 205 Å². The van der Waals surface area contributed by atoms with Gasteiger partial charge in [0, 0.05) is 33.0 Å². The minimum atomic E-state index is 0.703. The molecule has 0 aliphatic heterocycles. The summed E-state index contributed by atoms with van der Waals surface area (Å²) in [7, 11) is 0. The summed E-state index contributed by atoms with van der Waals surface area (Å²) in [5, 5.41) is 3.48. The first-order valence-corrected chi connectivity index (χ1v) is 18.0. The van der Waals surface area contributed by atoms with Gasteiger partial charge in [0.15, 0.2) is 5.82 Å². The third kappa shape index (κ3) is 5.56. The number of rotatable bonds is 6. The second-order valence-corrected chi connectivity index (χ2v) is 13.4. The van der Waals surface area contributed by atoms with Crippen molar-refractivity contribution >= 4 is 32.7 Å². The second kappa shape index (κ2) is 12.9. The van der Waals surface area contributed by atoms with Crippen molar-refractivity contribution in [3.8, 4) is 61.7 Å². The summed E-state index contributed by atoms with van der Waals surface area (Å²) in [6, 6.07) is 70.9. The van der Waals surface area contributed by atoms with Crippen LogP contribution < -0.4 is 0 Å². The van der Waals surface area contributed by atoms with Crippen molar-refractivity contribution < 1.29 is 0 Å². The molecule has 3 heteroatoms. The molecule has 0 unspecified atom stereocenters. The Hall–Kier alpha value is -7.10. The molecule has 3 nitrogen and oxygen atoms in total. The van der Waals surface area contributed by atoms with Gasteiger partial charge < -0.3 is 4.57 Å². The Bertz CT molecular complexity index is 2860. The summed E-state index contributed by atoms with van der Waals surface area (Å²) < 4.78 is 2.35. The van der Waals surface area contributed by atoms with E-state index < -0.39 is 0 Å². The van der Waals surface area contributed by atoms with Crippen LogP contribution in [0.15, 0.2) is 200 Å². The van der Waals surface area contributed by atoms with E-state index in [1.54, 1.807) is 0 Å². The molecular formula is C50H33N3. The van der Waals surface area contributed by atoms with Crippen LogP contribution in [-0.2, 0) is 0 Å². The fourth-order valence-corrected chi connectivity index (χ4v) is 7.61. The van der Waals surface area contributed by atoms with E-state index in [0.717, 1.165) is 66.8 Å². The highest BCUT2D eigenvalue weighted by Gasteiger charge is 2.17. The summed E-state index contributed by atoms with van der Waals surface area (Å²) >= 11 is 0. The van der Waals surface area contributed by atoms with Crippen molar-refractivity contribution in [3.63, 3.8) is 0 Å². The van der Waals surface area contributed by atoms with Gasteiger partial charge in [-0.05, 0) is 94.0 Å². The highest BCUT2D eigenvalue weighted by molar-refractivity contribution is 6.10. The monoisotopic (exact) mass is 675 g/mol. The second-order valence-electron chi connectivity index (χ2n) is 13.4. The first kappa shape index (κ1) is 30.7. The van der Waals surface area contributed by atoms with E-state index in [-0.39, 0.29) is 0 Å². The van der Waals surface area contributed by atoms with Gasteiger partial charge in [0.2, 0.25) is 0 Å². The van der Waals surface area contributed by atoms with Crippen LogP contribution in [0.3, 0.4) is 0 Å². The van der Waals surface area contributed by atoms with Crippen LogP contribution in [0.1, 0.15) is 0 Å². The molecule has 0 saturated heterocycles. The molecule has 0 aliphatic carbocycles. The van der Waals surface area contributed by atoms with Crippen LogP contribution in [0.2, 0.25) is 0 Å². The van der Waals surface area contributed by atoms with Crippen molar-refractivity contribution in [1.82, 2.24) is 14.5 Å². The SMILES string of the molecule is c1ccc(-c2cc(-c3ccccc3)cc(-c3nc(-c4ccccc4)c4cc(-c5ccc6c(c5)c5ccccc5n6-c5ccccc5)ccc4n3)c2)cc1. The van der Waals surface area contributed by atoms with Crippen LogP contribution in [0, 0.1) is 0 Å². The number of hydrogen-bond acceptors (Lipinski definition) is 2. The molecule has 2 aromatic heterocycles. The lowest BCUT2D eigenvalue weighted by atomic mass is 9.95. The largest absolute Gasteiger partial charge is 0.309 e. The zero-order valence-corrected chi connectivity index (χ0v) is 28.9. The van der Waals surface area contributed by atoms with Crippen molar-refractivity contribution in [2.24, 2.45) is 0 Å². The normalized spacial score (nSPS) is 11.4. The smallest absolute Gasteiger partial charge is 0.160 e. The van der Waals surface area contributed by atoms with Crippen molar-refractivity contribution in [2.45, 2.75) is 0 Å². The zero-order chi connectivity index (χ0) is 35.1. The molecule has 53 heavy (non-hydrogen) atoms. The van der Waals surface area contributed by atoms with Gasteiger partial charge in [-0.25, -0.2) is 9.97 Å². The van der Waals surface area contributed by atoms with Crippen molar-refractivity contribution in [3.05, 3.63) is 200 Å². The molecule has 0 N–H and O–H groups in total. The molecule has 0 radical (unpaired) electrons. The van der Waals surface area contributed by atoms with Gasteiger partial charge in [-0.2, -0.15) is 0 Å². The predicted octanol–water partition coefficient (Wildman–Crippen LogP) is 13.1. The first-order chi connectivity index (χ1) is 26.3. The molecule has 0 amide bonds. The quantitative estimate of drug-likeness (QED) is 0.176. The lowest BCUT2D eigenvalue weighted by Gasteiger charge is -2.14. The summed E-state index contributed by atoms with van der Waals surface area (Å²) in [5.74, 6) is 0.703. The zero-order valence-electron chi connectivity index (χ0n) is 28.9. The summed E-state index contributed by atoms with van der Waals surface area (Å²) in [6.45, 7) is 0. The molecule has 0 aliphatic rings. The topological polar surface area (TPSA) is 30.7 Å². The van der Waals surface area contributed by atoms with E-state index in [4.69, 9.17) is 9.97 Å². The maximum Gasteiger partial charge on any atom is 0.160 e. The maximum atomic E-state index is 5.36.